The van der Waals surface area contributed by atoms with E-state index in [0.717, 1.165) is 36.6 Å². The summed E-state index contributed by atoms with van der Waals surface area (Å²) in [5.74, 6) is 7.28. The number of ether oxygens (including phenoxy) is 1. The largest absolute Gasteiger partial charge is 0.494 e. The maximum atomic E-state index is 5.66. The molecule has 0 unspecified atom stereocenters. The normalized spacial score (nSPS) is 16.4. The Morgan fingerprint density at radius 2 is 2.00 bits per heavy atom. The third-order valence-corrected chi connectivity index (χ3v) is 3.67. The van der Waals surface area contributed by atoms with Crippen LogP contribution in [0.1, 0.15) is 51.0 Å². The fourth-order valence-corrected chi connectivity index (χ4v) is 2.45. The van der Waals surface area contributed by atoms with Gasteiger partial charge in [-0.3, -0.25) is 4.99 Å². The van der Waals surface area contributed by atoms with Crippen molar-refractivity contribution < 1.29 is 4.74 Å². The van der Waals surface area contributed by atoms with E-state index in [0.29, 0.717) is 6.04 Å². The number of amidine groups is 1. The molecule has 0 saturated heterocycles. The molecule has 2 rings (SSSR count). The van der Waals surface area contributed by atoms with Gasteiger partial charge in [0.05, 0.1) is 12.6 Å². The lowest BCUT2D eigenvalue weighted by Crippen LogP contribution is -2.32. The number of hydrogen-bond acceptors (Lipinski definition) is 3. The lowest BCUT2D eigenvalue weighted by molar-refractivity contribution is 0.309. The van der Waals surface area contributed by atoms with Gasteiger partial charge in [0.2, 0.25) is 0 Å². The zero-order valence-corrected chi connectivity index (χ0v) is 12.3. The number of nitrogens with zero attached hydrogens (tertiary/aromatic N) is 1. The maximum Gasteiger partial charge on any atom is 0.142 e. The molecule has 0 amide bonds. The van der Waals surface area contributed by atoms with Crippen molar-refractivity contribution in [3.63, 3.8) is 0 Å². The second-order valence-electron chi connectivity index (χ2n) is 5.29. The Hall–Kier alpha value is -1.55. The van der Waals surface area contributed by atoms with E-state index in [-0.39, 0.29) is 0 Å². The lowest BCUT2D eigenvalue weighted by atomic mass is 10.2. The van der Waals surface area contributed by atoms with Gasteiger partial charge in [0.1, 0.15) is 11.6 Å². The quantitative estimate of drug-likeness (QED) is 0.276. The van der Waals surface area contributed by atoms with Crippen molar-refractivity contribution in [2.24, 2.45) is 10.8 Å². The van der Waals surface area contributed by atoms with Crippen LogP contribution in [0.3, 0.4) is 0 Å². The molecule has 0 spiro atoms. The molecule has 1 aromatic rings. The summed E-state index contributed by atoms with van der Waals surface area (Å²) >= 11 is 0. The summed E-state index contributed by atoms with van der Waals surface area (Å²) in [6.45, 7) is 2.93. The molecule has 0 aliphatic heterocycles. The van der Waals surface area contributed by atoms with E-state index < -0.39 is 0 Å². The number of nitrogens with two attached hydrogens (primary N) is 1. The predicted octanol–water partition coefficient (Wildman–Crippen LogP) is 3.02. The predicted molar refractivity (Wildman–Crippen MR) is 83.0 cm³/mol. The summed E-state index contributed by atoms with van der Waals surface area (Å²) < 4.78 is 5.66. The van der Waals surface area contributed by atoms with Crippen LogP contribution in [0.4, 0.5) is 0 Å². The minimum absolute atomic E-state index is 0.418. The average molecular weight is 275 g/mol. The van der Waals surface area contributed by atoms with E-state index >= 15 is 0 Å². The van der Waals surface area contributed by atoms with Gasteiger partial charge in [0.15, 0.2) is 0 Å². The molecule has 1 saturated carbocycles. The molecule has 110 valence electrons. The highest BCUT2D eigenvalue weighted by Gasteiger charge is 2.15. The Morgan fingerprint density at radius 1 is 1.30 bits per heavy atom. The number of unbranched alkanes of at least 4 members (excludes halogenated alkanes) is 1. The summed E-state index contributed by atoms with van der Waals surface area (Å²) in [6, 6.07) is 8.39. The van der Waals surface area contributed by atoms with E-state index in [9.17, 15) is 0 Å². The number of rotatable bonds is 6. The minimum Gasteiger partial charge on any atom is -0.494 e. The van der Waals surface area contributed by atoms with Crippen molar-refractivity contribution in [3.05, 3.63) is 29.8 Å². The molecule has 4 heteroatoms. The third-order valence-electron chi connectivity index (χ3n) is 3.67. The molecule has 1 aliphatic carbocycles. The number of aliphatic imine (C=N–C) groups is 1. The van der Waals surface area contributed by atoms with Gasteiger partial charge in [-0.15, -0.1) is 0 Å². The monoisotopic (exact) mass is 275 g/mol. The fourth-order valence-electron chi connectivity index (χ4n) is 2.45. The Kier molecular flexibility index (Phi) is 5.87. The SMILES string of the molecule is CCCCOc1ccc(C(=NC2CCCC2)NN)cc1. The van der Waals surface area contributed by atoms with Crippen LogP contribution < -0.4 is 16.0 Å². The molecular formula is C16H25N3O. The summed E-state index contributed by atoms with van der Waals surface area (Å²) in [6.07, 6.45) is 7.12. The molecule has 0 bridgehead atoms. The van der Waals surface area contributed by atoms with Crippen LogP contribution in [-0.2, 0) is 0 Å². The van der Waals surface area contributed by atoms with Gasteiger partial charge in [-0.2, -0.15) is 0 Å². The number of hydrazine groups is 1. The highest BCUT2D eigenvalue weighted by Crippen LogP contribution is 2.22. The molecule has 4 nitrogen and oxygen atoms in total. The number of hydrogen-bond donors (Lipinski definition) is 2. The molecule has 0 atom stereocenters. The lowest BCUT2D eigenvalue weighted by Gasteiger charge is -2.11. The topological polar surface area (TPSA) is 59.6 Å². The molecule has 20 heavy (non-hydrogen) atoms. The fraction of sp³-hybridized carbons (Fsp3) is 0.562. The van der Waals surface area contributed by atoms with E-state index in [1.54, 1.807) is 0 Å². The molecule has 1 aromatic carbocycles. The first-order valence-electron chi connectivity index (χ1n) is 7.61. The van der Waals surface area contributed by atoms with Crippen LogP contribution >= 0.6 is 0 Å². The van der Waals surface area contributed by atoms with Crippen LogP contribution in [0.5, 0.6) is 5.75 Å². The van der Waals surface area contributed by atoms with Crippen molar-refractivity contribution in [3.8, 4) is 5.75 Å². The van der Waals surface area contributed by atoms with Crippen molar-refractivity contribution in [2.45, 2.75) is 51.5 Å². The van der Waals surface area contributed by atoms with E-state index in [2.05, 4.69) is 12.3 Å². The molecule has 0 aromatic heterocycles. The second-order valence-corrected chi connectivity index (χ2v) is 5.29. The van der Waals surface area contributed by atoms with Crippen LogP contribution in [-0.4, -0.2) is 18.5 Å². The highest BCUT2D eigenvalue weighted by molar-refractivity contribution is 5.98. The average Bonchev–Trinajstić information content (AvgIpc) is 2.99. The molecule has 0 radical (unpaired) electrons. The maximum absolute atomic E-state index is 5.66. The molecule has 1 aliphatic rings. The minimum atomic E-state index is 0.418. The third kappa shape index (κ3) is 4.23. The van der Waals surface area contributed by atoms with Crippen LogP contribution in [0.15, 0.2) is 29.3 Å². The van der Waals surface area contributed by atoms with Crippen LogP contribution in [0.25, 0.3) is 0 Å². The zero-order chi connectivity index (χ0) is 14.2. The van der Waals surface area contributed by atoms with Crippen LogP contribution in [0, 0.1) is 0 Å². The Bertz CT molecular complexity index is 422. The van der Waals surface area contributed by atoms with Crippen LogP contribution in [0.2, 0.25) is 0 Å². The van der Waals surface area contributed by atoms with Gasteiger partial charge in [-0.25, -0.2) is 5.84 Å². The molecule has 0 heterocycles. The molecular weight excluding hydrogens is 250 g/mol. The van der Waals surface area contributed by atoms with Crippen molar-refractivity contribution in [1.29, 1.82) is 0 Å². The van der Waals surface area contributed by atoms with Crippen molar-refractivity contribution >= 4 is 5.84 Å². The van der Waals surface area contributed by atoms with Gasteiger partial charge in [0.25, 0.3) is 0 Å². The second kappa shape index (κ2) is 7.90. The summed E-state index contributed by atoms with van der Waals surface area (Å²) in [4.78, 5) is 4.71. The Morgan fingerprint density at radius 3 is 2.60 bits per heavy atom. The first kappa shape index (κ1) is 14.9. The highest BCUT2D eigenvalue weighted by atomic mass is 16.5. The standard InChI is InChI=1S/C16H25N3O/c1-2-3-12-20-15-10-8-13(9-11-15)16(19-17)18-14-6-4-5-7-14/h8-11,14H,2-7,12,17H2,1H3,(H,18,19). The summed E-state index contributed by atoms with van der Waals surface area (Å²) in [5.41, 5.74) is 3.74. The Labute approximate surface area is 121 Å². The molecule has 1 fully saturated rings. The van der Waals surface area contributed by atoms with E-state index in [1.165, 1.54) is 25.7 Å². The zero-order valence-electron chi connectivity index (χ0n) is 12.3. The first-order chi connectivity index (χ1) is 9.83. The summed E-state index contributed by atoms with van der Waals surface area (Å²) in [7, 11) is 0. The molecule has 3 N–H and O–H groups in total. The smallest absolute Gasteiger partial charge is 0.142 e. The van der Waals surface area contributed by atoms with Gasteiger partial charge in [0, 0.05) is 5.56 Å². The number of benzene rings is 1. The van der Waals surface area contributed by atoms with Gasteiger partial charge in [-0.1, -0.05) is 26.2 Å². The van der Waals surface area contributed by atoms with Crippen molar-refractivity contribution in [1.82, 2.24) is 5.43 Å². The van der Waals surface area contributed by atoms with Gasteiger partial charge in [-0.05, 0) is 43.5 Å². The first-order valence-corrected chi connectivity index (χ1v) is 7.61. The Balaban J connectivity index is 1.99. The van der Waals surface area contributed by atoms with Gasteiger partial charge >= 0.3 is 0 Å². The van der Waals surface area contributed by atoms with Gasteiger partial charge < -0.3 is 10.2 Å². The van der Waals surface area contributed by atoms with Crippen molar-refractivity contribution in [2.75, 3.05) is 6.61 Å². The van der Waals surface area contributed by atoms with E-state index in [4.69, 9.17) is 15.6 Å². The van der Waals surface area contributed by atoms with E-state index in [1.807, 2.05) is 24.3 Å². The summed E-state index contributed by atoms with van der Waals surface area (Å²) in [5, 5.41) is 0. The number of nitrogens with one attached hydrogen (secondary N) is 1.